The number of rotatable bonds is 14. The third-order valence-electron chi connectivity index (χ3n) is 9.83. The van der Waals surface area contributed by atoms with E-state index in [4.69, 9.17) is 10.2 Å². The lowest BCUT2D eigenvalue weighted by Gasteiger charge is -2.30. The molecular formula is C39H43F4N7OS. The summed E-state index contributed by atoms with van der Waals surface area (Å²) in [5.74, 6) is 1.72. The van der Waals surface area contributed by atoms with Crippen molar-refractivity contribution in [1.82, 2.24) is 34.1 Å². The van der Waals surface area contributed by atoms with Crippen molar-refractivity contribution in [2.45, 2.75) is 76.3 Å². The predicted octanol–water partition coefficient (Wildman–Crippen LogP) is 7.83. The molecule has 52 heavy (non-hydrogen) atoms. The summed E-state index contributed by atoms with van der Waals surface area (Å²) >= 11 is 1.44. The number of alkyl halides is 3. The number of halogens is 4. The lowest BCUT2D eigenvalue weighted by molar-refractivity contribution is -0.137. The molecule has 2 heterocycles. The fourth-order valence-electron chi connectivity index (χ4n) is 6.57. The molecule has 0 saturated carbocycles. The van der Waals surface area contributed by atoms with Gasteiger partial charge in [-0.2, -0.15) is 18.2 Å². The van der Waals surface area contributed by atoms with E-state index in [1.165, 1.54) is 36.0 Å². The summed E-state index contributed by atoms with van der Waals surface area (Å²) in [6, 6.07) is 19.2. The Labute approximate surface area is 305 Å². The molecule has 6 rings (SSSR count). The highest BCUT2D eigenvalue weighted by Crippen LogP contribution is 2.32. The summed E-state index contributed by atoms with van der Waals surface area (Å²) in [5, 5.41) is 10.1. The van der Waals surface area contributed by atoms with Crippen LogP contribution in [0.2, 0.25) is 0 Å². The van der Waals surface area contributed by atoms with E-state index in [1.54, 1.807) is 12.1 Å². The Kier molecular flexibility index (Phi) is 11.6. The third kappa shape index (κ3) is 8.48. The number of aromatic nitrogens is 5. The minimum absolute atomic E-state index is 0.0848. The molecule has 0 N–H and O–H groups in total. The van der Waals surface area contributed by atoms with E-state index in [-0.39, 0.29) is 17.4 Å². The van der Waals surface area contributed by atoms with Gasteiger partial charge in [0.05, 0.1) is 31.4 Å². The maximum absolute atomic E-state index is 13.6. The molecule has 0 amide bonds. The van der Waals surface area contributed by atoms with Crippen molar-refractivity contribution in [3.05, 3.63) is 129 Å². The summed E-state index contributed by atoms with van der Waals surface area (Å²) in [4.78, 5) is 22.2. The lowest BCUT2D eigenvalue weighted by atomic mass is 10.0. The second kappa shape index (κ2) is 16.1. The van der Waals surface area contributed by atoms with Crippen molar-refractivity contribution in [1.29, 1.82) is 0 Å². The standard InChI is InChI=1S/C39H43F4N7OS/c1-5-48(6-2)25-47(4)26(3)36-46-45-35(50(36)22-27-10-14-29(15-11-27)30-16-18-31(19-17-30)39(41,42)43)23-49-34-9-7-8-33(34)37(51)44-38(49)52-24-28-12-20-32(40)21-13-28/h10-21,26H,5-9,22-25H2,1-4H3. The van der Waals surface area contributed by atoms with Gasteiger partial charge in [0.15, 0.2) is 16.8 Å². The highest BCUT2D eigenvalue weighted by atomic mass is 32.2. The van der Waals surface area contributed by atoms with Crippen molar-refractivity contribution in [2.75, 3.05) is 26.8 Å². The van der Waals surface area contributed by atoms with E-state index in [0.29, 0.717) is 41.8 Å². The van der Waals surface area contributed by atoms with Gasteiger partial charge in [-0.3, -0.25) is 14.6 Å². The molecular weight excluding hydrogens is 691 g/mol. The van der Waals surface area contributed by atoms with Gasteiger partial charge in [-0.05, 0) is 92.8 Å². The Morgan fingerprint density at radius 2 is 1.48 bits per heavy atom. The first-order valence-corrected chi connectivity index (χ1v) is 18.5. The van der Waals surface area contributed by atoms with Gasteiger partial charge in [-0.15, -0.1) is 10.2 Å². The molecule has 1 unspecified atom stereocenters. The quantitative estimate of drug-likeness (QED) is 0.0499. The van der Waals surface area contributed by atoms with Crippen molar-refractivity contribution in [3.63, 3.8) is 0 Å². The highest BCUT2D eigenvalue weighted by Gasteiger charge is 2.30. The van der Waals surface area contributed by atoms with Gasteiger partial charge in [-0.25, -0.2) is 4.39 Å². The summed E-state index contributed by atoms with van der Waals surface area (Å²) in [7, 11) is 2.07. The van der Waals surface area contributed by atoms with Gasteiger partial charge >= 0.3 is 6.18 Å². The van der Waals surface area contributed by atoms with Crippen LogP contribution in [0.3, 0.4) is 0 Å². The van der Waals surface area contributed by atoms with Crippen LogP contribution >= 0.6 is 11.8 Å². The molecule has 3 aromatic carbocycles. The van der Waals surface area contributed by atoms with Crippen LogP contribution in [0.1, 0.15) is 72.8 Å². The largest absolute Gasteiger partial charge is 0.416 e. The predicted molar refractivity (Wildman–Crippen MR) is 196 cm³/mol. The Morgan fingerprint density at radius 3 is 2.12 bits per heavy atom. The van der Waals surface area contributed by atoms with Gasteiger partial charge in [0.25, 0.3) is 5.56 Å². The summed E-state index contributed by atoms with van der Waals surface area (Å²) in [6.45, 7) is 9.79. The van der Waals surface area contributed by atoms with Crippen LogP contribution in [-0.2, 0) is 37.9 Å². The van der Waals surface area contributed by atoms with Crippen LogP contribution in [-0.4, -0.2) is 60.9 Å². The van der Waals surface area contributed by atoms with Crippen LogP contribution in [0, 0.1) is 5.82 Å². The zero-order valence-corrected chi connectivity index (χ0v) is 30.6. The minimum Gasteiger partial charge on any atom is -0.316 e. The fourth-order valence-corrected chi connectivity index (χ4v) is 7.54. The van der Waals surface area contributed by atoms with Crippen molar-refractivity contribution < 1.29 is 17.6 Å². The monoisotopic (exact) mass is 733 g/mol. The van der Waals surface area contributed by atoms with Crippen LogP contribution < -0.4 is 5.56 Å². The van der Waals surface area contributed by atoms with Gasteiger partial charge in [0.1, 0.15) is 5.82 Å². The van der Waals surface area contributed by atoms with Crippen molar-refractivity contribution >= 4 is 11.8 Å². The number of nitrogens with zero attached hydrogens (tertiary/aromatic N) is 7. The van der Waals surface area contributed by atoms with E-state index < -0.39 is 11.7 Å². The average molecular weight is 734 g/mol. The maximum Gasteiger partial charge on any atom is 0.416 e. The molecule has 13 heteroatoms. The molecule has 0 bridgehead atoms. The SMILES string of the molecule is CCN(CC)CN(C)C(C)c1nnc(Cn2c(SCc3ccc(F)cc3)nc(=O)c3c2CCC3)n1Cc1ccc(-c2ccc(C(F)(F)F)cc2)cc1. The first kappa shape index (κ1) is 37.4. The first-order valence-electron chi connectivity index (χ1n) is 17.6. The molecule has 1 atom stereocenters. The van der Waals surface area contributed by atoms with Crippen LogP contribution in [0.15, 0.2) is 82.7 Å². The number of hydrogen-bond acceptors (Lipinski definition) is 7. The lowest BCUT2D eigenvalue weighted by Crippen LogP contribution is -2.37. The van der Waals surface area contributed by atoms with Gasteiger partial charge < -0.3 is 9.13 Å². The molecule has 1 aliphatic carbocycles. The zero-order chi connectivity index (χ0) is 37.0. The normalized spacial score (nSPS) is 13.7. The molecule has 5 aromatic rings. The number of hydrogen-bond donors (Lipinski definition) is 0. The highest BCUT2D eigenvalue weighted by molar-refractivity contribution is 7.98. The second-order valence-corrected chi connectivity index (χ2v) is 14.1. The molecule has 0 fully saturated rings. The molecule has 274 valence electrons. The van der Waals surface area contributed by atoms with E-state index in [0.717, 1.165) is 78.5 Å². The fraction of sp³-hybridized carbons (Fsp3) is 0.385. The third-order valence-corrected chi connectivity index (χ3v) is 10.9. The van der Waals surface area contributed by atoms with Crippen molar-refractivity contribution in [2.24, 2.45) is 0 Å². The second-order valence-electron chi connectivity index (χ2n) is 13.2. The molecule has 2 aromatic heterocycles. The van der Waals surface area contributed by atoms with Crippen molar-refractivity contribution in [3.8, 4) is 11.1 Å². The van der Waals surface area contributed by atoms with E-state index in [1.807, 2.05) is 24.3 Å². The zero-order valence-electron chi connectivity index (χ0n) is 29.8. The summed E-state index contributed by atoms with van der Waals surface area (Å²) in [6.07, 6.45) is -2.08. The van der Waals surface area contributed by atoms with Gasteiger partial charge in [0, 0.05) is 17.0 Å². The molecule has 0 spiro atoms. The van der Waals surface area contributed by atoms with Gasteiger partial charge in [0.2, 0.25) is 0 Å². The summed E-state index contributed by atoms with van der Waals surface area (Å²) in [5.41, 5.74) is 4.23. The molecule has 0 aliphatic heterocycles. The molecule has 1 aliphatic rings. The van der Waals surface area contributed by atoms with E-state index in [2.05, 4.69) is 51.7 Å². The minimum atomic E-state index is -4.39. The molecule has 8 nitrogen and oxygen atoms in total. The summed E-state index contributed by atoms with van der Waals surface area (Å²) < 4.78 is 57.2. The van der Waals surface area contributed by atoms with E-state index in [9.17, 15) is 22.4 Å². The number of benzene rings is 3. The topological polar surface area (TPSA) is 72.1 Å². The Hall–Kier alpha value is -4.33. The van der Waals surface area contributed by atoms with Crippen LogP contribution in [0.25, 0.3) is 11.1 Å². The smallest absolute Gasteiger partial charge is 0.316 e. The Morgan fingerprint density at radius 1 is 0.846 bits per heavy atom. The molecule has 0 saturated heterocycles. The Bertz CT molecular complexity index is 2020. The maximum atomic E-state index is 13.6. The Balaban J connectivity index is 1.34. The average Bonchev–Trinajstić information content (AvgIpc) is 3.79. The van der Waals surface area contributed by atoms with E-state index >= 15 is 0 Å². The van der Waals surface area contributed by atoms with Crippen LogP contribution in [0.5, 0.6) is 0 Å². The molecule has 0 radical (unpaired) electrons. The first-order chi connectivity index (χ1) is 24.9. The van der Waals surface area contributed by atoms with Crippen LogP contribution in [0.4, 0.5) is 17.6 Å². The van der Waals surface area contributed by atoms with Gasteiger partial charge in [-0.1, -0.05) is 74.1 Å². The number of fused-ring (bicyclic) bond motifs is 1. The number of thioether (sulfide) groups is 1.